The van der Waals surface area contributed by atoms with Gasteiger partial charge in [0.1, 0.15) is 5.82 Å². The first-order chi connectivity index (χ1) is 15.1. The van der Waals surface area contributed by atoms with Crippen molar-refractivity contribution in [3.05, 3.63) is 87.4 Å². The number of nitrogens with zero attached hydrogens (tertiary/aromatic N) is 2. The van der Waals surface area contributed by atoms with Crippen LogP contribution in [-0.4, -0.2) is 35.6 Å². The zero-order chi connectivity index (χ0) is 21.6. The number of rotatable bonds is 6. The Bertz CT molecular complexity index is 1110. The average Bonchev–Trinajstić information content (AvgIpc) is 3.45. The predicted molar refractivity (Wildman–Crippen MR) is 115 cm³/mol. The predicted octanol–water partition coefficient (Wildman–Crippen LogP) is 3.39. The SMILES string of the molecule is O=C(N=c1sccn1Cc1ccc(C(=O)NC[C@H]2CCCO2)cc1)c1ccc(F)cc1. The van der Waals surface area contributed by atoms with Crippen LogP contribution in [-0.2, 0) is 11.3 Å². The van der Waals surface area contributed by atoms with Gasteiger partial charge in [0.2, 0.25) is 0 Å². The molecule has 3 aromatic rings. The van der Waals surface area contributed by atoms with E-state index in [1.54, 1.807) is 12.1 Å². The van der Waals surface area contributed by atoms with E-state index in [1.807, 2.05) is 28.3 Å². The second-order valence-corrected chi connectivity index (χ2v) is 8.15. The smallest absolute Gasteiger partial charge is 0.279 e. The third kappa shape index (κ3) is 5.53. The molecule has 0 aliphatic carbocycles. The van der Waals surface area contributed by atoms with Gasteiger partial charge >= 0.3 is 0 Å². The van der Waals surface area contributed by atoms with Crippen LogP contribution in [0.25, 0.3) is 0 Å². The van der Waals surface area contributed by atoms with E-state index in [4.69, 9.17) is 4.74 Å². The highest BCUT2D eigenvalue weighted by molar-refractivity contribution is 7.07. The van der Waals surface area contributed by atoms with Gasteiger partial charge in [-0.05, 0) is 54.8 Å². The fourth-order valence-corrected chi connectivity index (χ4v) is 4.05. The van der Waals surface area contributed by atoms with Crippen LogP contribution < -0.4 is 10.1 Å². The molecule has 0 saturated carbocycles. The van der Waals surface area contributed by atoms with Gasteiger partial charge < -0.3 is 14.6 Å². The van der Waals surface area contributed by atoms with E-state index in [1.165, 1.54) is 35.6 Å². The van der Waals surface area contributed by atoms with Crippen LogP contribution in [0, 0.1) is 5.82 Å². The number of nitrogens with one attached hydrogen (secondary N) is 1. The molecule has 8 heteroatoms. The molecule has 1 N–H and O–H groups in total. The molecular weight excluding hydrogens is 417 g/mol. The molecule has 2 heterocycles. The van der Waals surface area contributed by atoms with Gasteiger partial charge in [-0.3, -0.25) is 9.59 Å². The van der Waals surface area contributed by atoms with Crippen LogP contribution in [0.4, 0.5) is 4.39 Å². The highest BCUT2D eigenvalue weighted by Gasteiger charge is 2.16. The number of carbonyl (C=O) groups excluding carboxylic acids is 2. The summed E-state index contributed by atoms with van der Waals surface area (Å²) in [4.78, 5) is 29.4. The van der Waals surface area contributed by atoms with E-state index in [0.29, 0.717) is 29.0 Å². The fourth-order valence-electron chi connectivity index (χ4n) is 3.32. The van der Waals surface area contributed by atoms with Gasteiger partial charge in [0.15, 0.2) is 4.80 Å². The highest BCUT2D eigenvalue weighted by Crippen LogP contribution is 2.11. The molecule has 0 spiro atoms. The number of halogens is 1. The molecule has 1 saturated heterocycles. The summed E-state index contributed by atoms with van der Waals surface area (Å²) in [7, 11) is 0. The van der Waals surface area contributed by atoms with Gasteiger partial charge in [-0.2, -0.15) is 4.99 Å². The highest BCUT2D eigenvalue weighted by atomic mass is 32.1. The summed E-state index contributed by atoms with van der Waals surface area (Å²) < 4.78 is 20.4. The van der Waals surface area contributed by atoms with Crippen molar-refractivity contribution in [2.45, 2.75) is 25.5 Å². The lowest BCUT2D eigenvalue weighted by atomic mass is 10.1. The lowest BCUT2D eigenvalue weighted by Gasteiger charge is -2.11. The standard InChI is InChI=1S/C23H22FN3O3S/c24-19-9-7-18(8-10-19)22(29)26-23-27(11-13-31-23)15-16-3-5-17(6-4-16)21(28)25-14-20-2-1-12-30-20/h3-11,13,20H,1-2,12,14-15H2,(H,25,28)/t20-/m1/s1. The first kappa shape index (κ1) is 21.1. The van der Waals surface area contributed by atoms with Crippen LogP contribution >= 0.6 is 11.3 Å². The van der Waals surface area contributed by atoms with E-state index in [2.05, 4.69) is 10.3 Å². The van der Waals surface area contributed by atoms with Crippen molar-refractivity contribution >= 4 is 23.2 Å². The normalized spacial score (nSPS) is 16.4. The maximum atomic E-state index is 13.1. The largest absolute Gasteiger partial charge is 0.376 e. The van der Waals surface area contributed by atoms with Crippen LogP contribution in [0.5, 0.6) is 0 Å². The Balaban J connectivity index is 1.40. The molecule has 1 aliphatic heterocycles. The van der Waals surface area contributed by atoms with Gasteiger partial charge in [-0.25, -0.2) is 4.39 Å². The first-order valence-corrected chi connectivity index (χ1v) is 10.9. The molecule has 160 valence electrons. The van der Waals surface area contributed by atoms with Crippen LogP contribution in [0.2, 0.25) is 0 Å². The summed E-state index contributed by atoms with van der Waals surface area (Å²) in [6, 6.07) is 12.7. The quantitative estimate of drug-likeness (QED) is 0.640. The van der Waals surface area contributed by atoms with Crippen molar-refractivity contribution in [1.82, 2.24) is 9.88 Å². The molecule has 6 nitrogen and oxygen atoms in total. The maximum Gasteiger partial charge on any atom is 0.279 e. The zero-order valence-electron chi connectivity index (χ0n) is 16.8. The van der Waals surface area contributed by atoms with Crippen LogP contribution in [0.3, 0.4) is 0 Å². The van der Waals surface area contributed by atoms with Gasteiger partial charge in [0.25, 0.3) is 11.8 Å². The summed E-state index contributed by atoms with van der Waals surface area (Å²) >= 11 is 1.35. The third-order valence-electron chi connectivity index (χ3n) is 5.03. The minimum Gasteiger partial charge on any atom is -0.376 e. The van der Waals surface area contributed by atoms with E-state index >= 15 is 0 Å². The number of ether oxygens (including phenoxy) is 1. The molecule has 1 fully saturated rings. The van der Waals surface area contributed by atoms with E-state index in [9.17, 15) is 14.0 Å². The van der Waals surface area contributed by atoms with Crippen molar-refractivity contribution in [1.29, 1.82) is 0 Å². The second kappa shape index (κ2) is 9.80. The lowest BCUT2D eigenvalue weighted by Crippen LogP contribution is -2.31. The molecule has 1 aliphatic rings. The average molecular weight is 440 g/mol. The first-order valence-electron chi connectivity index (χ1n) is 10.1. The van der Waals surface area contributed by atoms with E-state index in [-0.39, 0.29) is 12.0 Å². The van der Waals surface area contributed by atoms with Crippen molar-refractivity contribution in [3.63, 3.8) is 0 Å². The number of hydrogen-bond donors (Lipinski definition) is 1. The molecule has 0 bridgehead atoms. The zero-order valence-corrected chi connectivity index (χ0v) is 17.6. The molecular formula is C23H22FN3O3S. The molecule has 0 unspecified atom stereocenters. The fraction of sp³-hybridized carbons (Fsp3) is 0.261. The Kier molecular flexibility index (Phi) is 6.69. The Morgan fingerprint density at radius 2 is 1.87 bits per heavy atom. The number of thiazole rings is 1. The summed E-state index contributed by atoms with van der Waals surface area (Å²) in [5, 5.41) is 4.76. The summed E-state index contributed by atoms with van der Waals surface area (Å²) in [5.74, 6) is -0.938. The number of hydrogen-bond acceptors (Lipinski definition) is 4. The Labute approximate surface area is 183 Å². The Morgan fingerprint density at radius 1 is 1.13 bits per heavy atom. The summed E-state index contributed by atoms with van der Waals surface area (Å²) in [6.07, 6.45) is 3.98. The molecule has 4 rings (SSSR count). The maximum absolute atomic E-state index is 13.1. The number of carbonyl (C=O) groups is 2. The van der Waals surface area contributed by atoms with Crippen molar-refractivity contribution < 1.29 is 18.7 Å². The van der Waals surface area contributed by atoms with Gasteiger partial charge in [-0.15, -0.1) is 11.3 Å². The number of benzene rings is 2. The van der Waals surface area contributed by atoms with Gasteiger partial charge in [0, 0.05) is 42.4 Å². The number of amides is 2. The summed E-state index contributed by atoms with van der Waals surface area (Å²) in [6.45, 7) is 1.80. The van der Waals surface area contributed by atoms with Gasteiger partial charge in [-0.1, -0.05) is 12.1 Å². The monoisotopic (exact) mass is 439 g/mol. The van der Waals surface area contributed by atoms with Gasteiger partial charge in [0.05, 0.1) is 6.10 Å². The minimum absolute atomic E-state index is 0.109. The van der Waals surface area contributed by atoms with Crippen LogP contribution in [0.15, 0.2) is 65.1 Å². The number of aromatic nitrogens is 1. The molecule has 2 amide bonds. The third-order valence-corrected chi connectivity index (χ3v) is 5.83. The molecule has 1 atom stereocenters. The topological polar surface area (TPSA) is 72.7 Å². The van der Waals surface area contributed by atoms with Crippen molar-refractivity contribution in [2.75, 3.05) is 13.2 Å². The molecule has 0 radical (unpaired) electrons. The Hall–Kier alpha value is -3.10. The second-order valence-electron chi connectivity index (χ2n) is 7.28. The van der Waals surface area contributed by atoms with Crippen LogP contribution in [0.1, 0.15) is 39.1 Å². The molecule has 31 heavy (non-hydrogen) atoms. The van der Waals surface area contributed by atoms with E-state index in [0.717, 1.165) is 25.0 Å². The van der Waals surface area contributed by atoms with Crippen molar-refractivity contribution in [2.24, 2.45) is 4.99 Å². The van der Waals surface area contributed by atoms with E-state index < -0.39 is 11.7 Å². The lowest BCUT2D eigenvalue weighted by molar-refractivity contribution is 0.0857. The molecule has 1 aromatic heterocycles. The van der Waals surface area contributed by atoms with Crippen molar-refractivity contribution in [3.8, 4) is 0 Å². The molecule has 2 aromatic carbocycles. The Morgan fingerprint density at radius 3 is 2.58 bits per heavy atom. The summed E-state index contributed by atoms with van der Waals surface area (Å²) in [5.41, 5.74) is 1.90. The minimum atomic E-state index is -0.422.